The second-order valence-electron chi connectivity index (χ2n) is 12.3. The third kappa shape index (κ3) is 5.95. The normalized spacial score (nSPS) is 15.6. The number of rotatable bonds is 7. The molecule has 7 heterocycles. The van der Waals surface area contributed by atoms with E-state index in [2.05, 4.69) is 85.0 Å². The van der Waals surface area contributed by atoms with E-state index in [0.717, 1.165) is 35.6 Å². The number of thiophene rings is 4. The minimum absolute atomic E-state index is 0.489. The average Bonchev–Trinajstić information content (AvgIpc) is 3.91. The fourth-order valence-electron chi connectivity index (χ4n) is 6.66. The number of benzene rings is 1. The molecule has 0 amide bonds. The van der Waals surface area contributed by atoms with E-state index in [1.165, 1.54) is 38.2 Å². The molecule has 2 aliphatic rings. The van der Waals surface area contributed by atoms with Crippen LogP contribution in [0.3, 0.4) is 0 Å². The summed E-state index contributed by atoms with van der Waals surface area (Å²) in [5, 5.41) is 0. The largest absolute Gasteiger partial charge is 0.737 e. The SMILES string of the molecule is CC1=CC(/C=C/c2ccc(-c3ccc(C)s3)s2)=[N+]2C1=C(c1ccc(I)cc1)c1c(C)cc(/C=C/c3ccc(-c4ccc(C)s4)s3)n1[B-]2(F)F. The maximum atomic E-state index is 17.3. The first-order valence-corrected chi connectivity index (χ1v) is 20.2. The summed E-state index contributed by atoms with van der Waals surface area (Å²) in [6.45, 7) is 3.87. The molecular weight excluding hydrogens is 800 g/mol. The van der Waals surface area contributed by atoms with Gasteiger partial charge in [-0.2, -0.15) is 0 Å². The molecule has 0 N–H and O–H groups in total. The molecule has 49 heavy (non-hydrogen) atoms. The van der Waals surface area contributed by atoms with Crippen LogP contribution in [0.15, 0.2) is 102 Å². The lowest BCUT2D eigenvalue weighted by Crippen LogP contribution is -2.51. The quantitative estimate of drug-likeness (QED) is 0.112. The number of nitrogens with zero attached hydrogens (tertiary/aromatic N) is 2. The Bertz CT molecular complexity index is 2420. The first-order valence-electron chi connectivity index (χ1n) is 15.9. The van der Waals surface area contributed by atoms with Crippen LogP contribution in [0.5, 0.6) is 0 Å². The topological polar surface area (TPSA) is 7.94 Å². The van der Waals surface area contributed by atoms with Gasteiger partial charge in [0.15, 0.2) is 11.4 Å². The van der Waals surface area contributed by atoms with Crippen LogP contribution < -0.4 is 0 Å². The van der Waals surface area contributed by atoms with Crippen LogP contribution in [0.4, 0.5) is 8.63 Å². The van der Waals surface area contributed by atoms with Crippen LogP contribution in [0.2, 0.25) is 0 Å². The van der Waals surface area contributed by atoms with Crippen molar-refractivity contribution in [3.05, 3.63) is 148 Å². The van der Waals surface area contributed by atoms with Crippen LogP contribution in [-0.2, 0) is 0 Å². The zero-order valence-electron chi connectivity index (χ0n) is 27.1. The summed E-state index contributed by atoms with van der Waals surface area (Å²) >= 11 is 9.17. The van der Waals surface area contributed by atoms with Gasteiger partial charge < -0.3 is 17.6 Å². The Hall–Kier alpha value is -3.42. The molecule has 0 saturated heterocycles. The number of fused-ring (bicyclic) bond motifs is 2. The van der Waals surface area contributed by atoms with Crippen LogP contribution in [-0.4, -0.2) is 21.6 Å². The predicted octanol–water partition coefficient (Wildman–Crippen LogP) is 12.9. The molecule has 0 fully saturated rings. The smallest absolute Gasteiger partial charge is 0.390 e. The molecule has 1 aromatic carbocycles. The maximum absolute atomic E-state index is 17.3. The van der Waals surface area contributed by atoms with Gasteiger partial charge in [-0.05, 0) is 146 Å². The minimum atomic E-state index is -4.24. The van der Waals surface area contributed by atoms with Crippen molar-refractivity contribution in [3.63, 3.8) is 0 Å². The van der Waals surface area contributed by atoms with Crippen molar-refractivity contribution >= 4 is 104 Å². The summed E-state index contributed by atoms with van der Waals surface area (Å²) in [4.78, 5) is 9.39. The number of hydrogen-bond donors (Lipinski definition) is 0. The summed E-state index contributed by atoms with van der Waals surface area (Å²) in [6.07, 6.45) is 9.54. The van der Waals surface area contributed by atoms with Crippen molar-refractivity contribution in [3.8, 4) is 19.5 Å². The lowest BCUT2D eigenvalue weighted by molar-refractivity contribution is -0.362. The van der Waals surface area contributed by atoms with Gasteiger partial charge in [-0.25, -0.2) is 0 Å². The van der Waals surface area contributed by atoms with E-state index in [1.54, 1.807) is 45.3 Å². The molecule has 0 spiro atoms. The van der Waals surface area contributed by atoms with E-state index in [0.29, 0.717) is 22.8 Å². The van der Waals surface area contributed by atoms with E-state index in [-0.39, 0.29) is 0 Å². The highest BCUT2D eigenvalue weighted by atomic mass is 127. The van der Waals surface area contributed by atoms with Crippen LogP contribution in [0.25, 0.3) is 43.3 Å². The number of allylic oxidation sites excluding steroid dienone is 3. The molecule has 0 unspecified atom stereocenters. The second-order valence-corrected chi connectivity index (χ2v) is 18.4. The third-order valence-electron chi connectivity index (χ3n) is 8.80. The molecule has 0 saturated carbocycles. The molecule has 2 nitrogen and oxygen atoms in total. The molecule has 10 heteroatoms. The monoisotopic (exact) mass is 830 g/mol. The van der Waals surface area contributed by atoms with E-state index in [4.69, 9.17) is 0 Å². The lowest BCUT2D eigenvalue weighted by atomic mass is 9.84. The Morgan fingerprint density at radius 1 is 0.673 bits per heavy atom. The molecule has 2 aliphatic heterocycles. The summed E-state index contributed by atoms with van der Waals surface area (Å²) < 4.78 is 38.3. The molecular formula is C39H30BF2IN2S4. The predicted molar refractivity (Wildman–Crippen MR) is 219 cm³/mol. The van der Waals surface area contributed by atoms with Gasteiger partial charge in [0, 0.05) is 71.7 Å². The fraction of sp³-hybridized carbons (Fsp3) is 0.103. The molecule has 244 valence electrons. The van der Waals surface area contributed by atoms with E-state index >= 15 is 8.63 Å². The van der Waals surface area contributed by atoms with Crippen LogP contribution in [0.1, 0.15) is 48.9 Å². The first-order chi connectivity index (χ1) is 23.6. The van der Waals surface area contributed by atoms with Crippen molar-refractivity contribution in [2.45, 2.75) is 27.7 Å². The molecule has 0 atom stereocenters. The summed E-state index contributed by atoms with van der Waals surface area (Å²) in [6, 6.07) is 27.0. The summed E-state index contributed by atoms with van der Waals surface area (Å²) in [5.41, 5.74) is 5.54. The van der Waals surface area contributed by atoms with Crippen molar-refractivity contribution < 1.29 is 13.1 Å². The van der Waals surface area contributed by atoms with E-state index in [9.17, 15) is 0 Å². The van der Waals surface area contributed by atoms with Gasteiger partial charge >= 0.3 is 6.97 Å². The number of aryl methyl sites for hydroxylation is 3. The van der Waals surface area contributed by atoms with Gasteiger partial charge in [-0.15, -0.1) is 45.3 Å². The number of halogens is 3. The first kappa shape index (κ1) is 32.8. The van der Waals surface area contributed by atoms with Gasteiger partial charge in [-0.3, -0.25) is 0 Å². The summed E-state index contributed by atoms with van der Waals surface area (Å²) in [5.74, 6) is 0. The zero-order valence-corrected chi connectivity index (χ0v) is 32.6. The zero-order chi connectivity index (χ0) is 34.0. The molecule has 0 radical (unpaired) electrons. The van der Waals surface area contributed by atoms with E-state index < -0.39 is 6.97 Å². The van der Waals surface area contributed by atoms with Crippen molar-refractivity contribution in [2.24, 2.45) is 0 Å². The van der Waals surface area contributed by atoms with Gasteiger partial charge in [0.05, 0.1) is 5.57 Å². The molecule has 6 aromatic rings. The Balaban J connectivity index is 1.25. The highest BCUT2D eigenvalue weighted by Crippen LogP contribution is 2.45. The average molecular weight is 831 g/mol. The van der Waals surface area contributed by atoms with Crippen molar-refractivity contribution in [1.29, 1.82) is 0 Å². The third-order valence-corrected chi connectivity index (χ3v) is 14.0. The standard InChI is InChI=1S/C39H30BF2IN2S4/c1-23-21-29(11-13-31-15-19-35(48-31)33-17-5-25(3)46-33)44-38(23)37(27-7-9-28(43)10-8-27)39-24(2)22-30(45(39)40(44,41)42)12-14-32-16-20-36(49-32)34-18-6-26(4)47-34/h5-22H,1-4H3/b13-11+,14-12+. The highest BCUT2D eigenvalue weighted by molar-refractivity contribution is 14.1. The highest BCUT2D eigenvalue weighted by Gasteiger charge is 2.55. The van der Waals surface area contributed by atoms with Crippen LogP contribution >= 0.6 is 67.9 Å². The van der Waals surface area contributed by atoms with Crippen molar-refractivity contribution in [2.75, 3.05) is 0 Å². The molecule has 8 rings (SSSR count). The molecule has 0 aliphatic carbocycles. The Morgan fingerprint density at radius 2 is 1.22 bits per heavy atom. The molecule has 0 bridgehead atoms. The Morgan fingerprint density at radius 3 is 1.80 bits per heavy atom. The number of hydrogen-bond acceptors (Lipinski definition) is 4. The van der Waals surface area contributed by atoms with Gasteiger partial charge in [-0.1, -0.05) is 12.1 Å². The number of aromatic nitrogens is 1. The van der Waals surface area contributed by atoms with Gasteiger partial charge in [0.1, 0.15) is 0 Å². The van der Waals surface area contributed by atoms with Gasteiger partial charge in [0.2, 0.25) is 0 Å². The lowest BCUT2D eigenvalue weighted by Gasteiger charge is -2.34. The van der Waals surface area contributed by atoms with Gasteiger partial charge in [0.25, 0.3) is 0 Å². The summed E-state index contributed by atoms with van der Waals surface area (Å²) in [7, 11) is 0. The Labute approximate surface area is 314 Å². The fourth-order valence-corrected chi connectivity index (χ4v) is 10.8. The minimum Gasteiger partial charge on any atom is -0.390 e. The second kappa shape index (κ2) is 12.7. The van der Waals surface area contributed by atoms with Crippen molar-refractivity contribution in [1.82, 2.24) is 4.48 Å². The van der Waals surface area contributed by atoms with E-state index in [1.807, 2.05) is 74.6 Å². The Kier molecular flexibility index (Phi) is 8.51. The maximum Gasteiger partial charge on any atom is 0.737 e. The van der Waals surface area contributed by atoms with Crippen LogP contribution in [0, 0.1) is 24.3 Å². The molecule has 5 aromatic heterocycles.